The molecular formula is C14H13N3O5S. The van der Waals surface area contributed by atoms with E-state index in [1.807, 2.05) is 0 Å². The molecule has 23 heavy (non-hydrogen) atoms. The van der Waals surface area contributed by atoms with Crippen molar-refractivity contribution in [1.29, 1.82) is 0 Å². The van der Waals surface area contributed by atoms with Gasteiger partial charge in [-0.15, -0.1) is 0 Å². The molecule has 0 radical (unpaired) electrons. The van der Waals surface area contributed by atoms with Crippen LogP contribution in [-0.4, -0.2) is 32.7 Å². The Morgan fingerprint density at radius 1 is 1.13 bits per heavy atom. The molecule has 0 bridgehead atoms. The van der Waals surface area contributed by atoms with E-state index in [1.165, 1.54) is 19.2 Å². The summed E-state index contributed by atoms with van der Waals surface area (Å²) < 4.78 is 40.9. The van der Waals surface area contributed by atoms with Gasteiger partial charge in [-0.25, -0.2) is 13.1 Å². The lowest BCUT2D eigenvalue weighted by molar-refractivity contribution is 0.399. The molecule has 0 saturated heterocycles. The number of methoxy groups -OCH3 is 1. The molecule has 0 fully saturated rings. The van der Waals surface area contributed by atoms with Crippen molar-refractivity contribution in [2.45, 2.75) is 5.09 Å². The maximum atomic E-state index is 11.6. The van der Waals surface area contributed by atoms with E-state index < -0.39 is 10.0 Å². The van der Waals surface area contributed by atoms with Crippen LogP contribution in [0.2, 0.25) is 0 Å². The fourth-order valence-corrected chi connectivity index (χ4v) is 2.51. The lowest BCUT2D eigenvalue weighted by Gasteiger charge is -1.98. The van der Waals surface area contributed by atoms with Gasteiger partial charge in [0.1, 0.15) is 5.75 Å². The third-order valence-corrected chi connectivity index (χ3v) is 4.39. The lowest BCUT2D eigenvalue weighted by Crippen LogP contribution is -2.17. The lowest BCUT2D eigenvalue weighted by atomic mass is 10.2. The van der Waals surface area contributed by atoms with Crippen molar-refractivity contribution in [2.75, 3.05) is 14.2 Å². The number of nitrogens with zero attached hydrogens (tertiary/aromatic N) is 2. The highest BCUT2D eigenvalue weighted by atomic mass is 32.2. The summed E-state index contributed by atoms with van der Waals surface area (Å²) in [6.07, 6.45) is 0. The molecule has 9 heteroatoms. The fourth-order valence-electron chi connectivity index (χ4n) is 1.86. The normalized spacial score (nSPS) is 11.6. The molecule has 3 aromatic rings. The predicted molar refractivity (Wildman–Crippen MR) is 80.2 cm³/mol. The second-order valence-electron chi connectivity index (χ2n) is 4.48. The highest BCUT2D eigenvalue weighted by molar-refractivity contribution is 7.89. The Morgan fingerprint density at radius 3 is 2.52 bits per heavy atom. The maximum Gasteiger partial charge on any atom is 0.293 e. The number of hydrogen-bond acceptors (Lipinski definition) is 7. The van der Waals surface area contributed by atoms with Crippen molar-refractivity contribution >= 4 is 10.0 Å². The smallest absolute Gasteiger partial charge is 0.293 e. The first-order valence-electron chi connectivity index (χ1n) is 6.55. The Kier molecular flexibility index (Phi) is 3.89. The van der Waals surface area contributed by atoms with Gasteiger partial charge in [0.2, 0.25) is 10.9 Å². The van der Waals surface area contributed by atoms with Crippen molar-refractivity contribution in [3.8, 4) is 28.8 Å². The Hall–Kier alpha value is -2.65. The second-order valence-corrected chi connectivity index (χ2v) is 6.30. The van der Waals surface area contributed by atoms with E-state index in [4.69, 9.17) is 13.7 Å². The van der Waals surface area contributed by atoms with Crippen LogP contribution in [-0.2, 0) is 10.0 Å². The summed E-state index contributed by atoms with van der Waals surface area (Å²) in [7, 11) is -0.783. The molecule has 120 valence electrons. The number of ether oxygens (including phenoxy) is 1. The van der Waals surface area contributed by atoms with Crippen LogP contribution in [0.5, 0.6) is 5.75 Å². The van der Waals surface area contributed by atoms with Gasteiger partial charge in [-0.2, -0.15) is 4.98 Å². The van der Waals surface area contributed by atoms with Crippen molar-refractivity contribution in [1.82, 2.24) is 14.9 Å². The van der Waals surface area contributed by atoms with E-state index in [2.05, 4.69) is 14.9 Å². The zero-order valence-electron chi connectivity index (χ0n) is 12.3. The van der Waals surface area contributed by atoms with Crippen molar-refractivity contribution < 1.29 is 22.1 Å². The van der Waals surface area contributed by atoms with Gasteiger partial charge < -0.3 is 13.7 Å². The minimum absolute atomic E-state index is 0.0911. The molecule has 1 aromatic carbocycles. The minimum atomic E-state index is -3.66. The topological polar surface area (TPSA) is 107 Å². The molecule has 0 aliphatic rings. The predicted octanol–water partition coefficient (Wildman–Crippen LogP) is 1.91. The van der Waals surface area contributed by atoms with Crippen molar-refractivity contribution in [3.63, 3.8) is 0 Å². The first kappa shape index (κ1) is 15.3. The zero-order valence-corrected chi connectivity index (χ0v) is 13.1. The molecule has 0 aliphatic heterocycles. The van der Waals surface area contributed by atoms with Crippen LogP contribution in [0.25, 0.3) is 23.0 Å². The largest absolute Gasteiger partial charge is 0.497 e. The Balaban J connectivity index is 1.90. The van der Waals surface area contributed by atoms with Crippen molar-refractivity contribution in [2.24, 2.45) is 0 Å². The van der Waals surface area contributed by atoms with E-state index in [9.17, 15) is 8.42 Å². The SMILES string of the molecule is CNS(=O)(=O)c1ccc(-c2nc(-c3ccc(OC)cc3)no2)o1. The molecule has 2 heterocycles. The monoisotopic (exact) mass is 335 g/mol. The molecule has 2 aromatic heterocycles. The van der Waals surface area contributed by atoms with Gasteiger partial charge >= 0.3 is 0 Å². The molecule has 0 aliphatic carbocycles. The Bertz CT molecular complexity index is 912. The van der Waals surface area contributed by atoms with E-state index >= 15 is 0 Å². The molecule has 0 atom stereocenters. The van der Waals surface area contributed by atoms with Gasteiger partial charge in [-0.05, 0) is 43.4 Å². The van der Waals surface area contributed by atoms with Crippen LogP contribution in [0, 0.1) is 0 Å². The van der Waals surface area contributed by atoms with Crippen LogP contribution >= 0.6 is 0 Å². The summed E-state index contributed by atoms with van der Waals surface area (Å²) in [5.41, 5.74) is 0.732. The molecule has 0 unspecified atom stereocenters. The third-order valence-electron chi connectivity index (χ3n) is 3.10. The number of sulfonamides is 1. The van der Waals surface area contributed by atoms with Gasteiger partial charge in [0.25, 0.3) is 15.9 Å². The molecule has 3 rings (SSSR count). The van der Waals surface area contributed by atoms with E-state index in [1.54, 1.807) is 31.4 Å². The summed E-state index contributed by atoms with van der Waals surface area (Å²) in [5, 5.41) is 3.63. The maximum absolute atomic E-state index is 11.6. The van der Waals surface area contributed by atoms with Crippen LogP contribution in [0.3, 0.4) is 0 Å². The van der Waals surface area contributed by atoms with Crippen LogP contribution in [0.1, 0.15) is 0 Å². The highest BCUT2D eigenvalue weighted by Crippen LogP contribution is 2.26. The summed E-state index contributed by atoms with van der Waals surface area (Å²) in [5.74, 6) is 1.34. The van der Waals surface area contributed by atoms with Crippen LogP contribution in [0.15, 0.2) is 50.4 Å². The molecule has 0 spiro atoms. The first-order chi connectivity index (χ1) is 11.0. The summed E-state index contributed by atoms with van der Waals surface area (Å²) >= 11 is 0. The minimum Gasteiger partial charge on any atom is -0.497 e. The average molecular weight is 335 g/mol. The fraction of sp³-hybridized carbons (Fsp3) is 0.143. The molecule has 8 nitrogen and oxygen atoms in total. The Labute approximate surface area is 132 Å². The number of aromatic nitrogens is 2. The van der Waals surface area contributed by atoms with E-state index in [-0.39, 0.29) is 16.7 Å². The molecule has 0 amide bonds. The number of hydrogen-bond donors (Lipinski definition) is 1. The van der Waals surface area contributed by atoms with Gasteiger partial charge in [0, 0.05) is 5.56 Å². The number of benzene rings is 1. The molecule has 0 saturated carbocycles. The van der Waals surface area contributed by atoms with Gasteiger partial charge in [-0.3, -0.25) is 0 Å². The number of nitrogens with one attached hydrogen (secondary N) is 1. The van der Waals surface area contributed by atoms with Gasteiger partial charge in [-0.1, -0.05) is 5.16 Å². The number of furan rings is 1. The highest BCUT2D eigenvalue weighted by Gasteiger charge is 2.20. The second kappa shape index (κ2) is 5.86. The third kappa shape index (κ3) is 2.96. The van der Waals surface area contributed by atoms with E-state index in [0.29, 0.717) is 11.6 Å². The van der Waals surface area contributed by atoms with Crippen LogP contribution < -0.4 is 9.46 Å². The zero-order chi connectivity index (χ0) is 16.4. The van der Waals surface area contributed by atoms with Gasteiger partial charge in [0.15, 0.2) is 5.76 Å². The average Bonchev–Trinajstić information content (AvgIpc) is 3.24. The van der Waals surface area contributed by atoms with Gasteiger partial charge in [0.05, 0.1) is 7.11 Å². The van der Waals surface area contributed by atoms with E-state index in [0.717, 1.165) is 5.56 Å². The van der Waals surface area contributed by atoms with Crippen molar-refractivity contribution in [3.05, 3.63) is 36.4 Å². The summed E-state index contributed by atoms with van der Waals surface area (Å²) in [4.78, 5) is 4.20. The Morgan fingerprint density at radius 2 is 1.87 bits per heavy atom. The summed E-state index contributed by atoms with van der Waals surface area (Å²) in [6.45, 7) is 0. The number of rotatable bonds is 5. The molecular weight excluding hydrogens is 322 g/mol. The standard InChI is InChI=1S/C14H13N3O5S/c1-15-23(18,19)12-8-7-11(21-12)14-16-13(17-22-14)9-3-5-10(20-2)6-4-9/h3-8,15H,1-2H3. The molecule has 1 N–H and O–H groups in total. The summed E-state index contributed by atoms with van der Waals surface area (Å²) in [6, 6.07) is 9.89. The quantitative estimate of drug-likeness (QED) is 0.759. The first-order valence-corrected chi connectivity index (χ1v) is 8.03. The van der Waals surface area contributed by atoms with Crippen LogP contribution in [0.4, 0.5) is 0 Å².